The standard InChI is InChI=1S/C20H26N2O5S2/c1-5-18(15-11-13-17(14-12-15)28(3,24)25)21-20(23)19(22(2)29(4,26)27)16-9-7-6-8-10-16/h6-14,18-19H,5H2,1-4H3,(H,21,23). The molecule has 1 amide bonds. The summed E-state index contributed by atoms with van der Waals surface area (Å²) >= 11 is 0. The lowest BCUT2D eigenvalue weighted by atomic mass is 10.0. The van der Waals surface area contributed by atoms with Crippen molar-refractivity contribution >= 4 is 25.8 Å². The maximum Gasteiger partial charge on any atom is 0.243 e. The van der Waals surface area contributed by atoms with Crippen LogP contribution in [-0.2, 0) is 24.7 Å². The van der Waals surface area contributed by atoms with Crippen molar-refractivity contribution in [2.24, 2.45) is 0 Å². The van der Waals surface area contributed by atoms with Crippen molar-refractivity contribution in [3.05, 3.63) is 65.7 Å². The molecule has 0 saturated heterocycles. The number of benzene rings is 2. The molecule has 1 N–H and O–H groups in total. The highest BCUT2D eigenvalue weighted by atomic mass is 32.2. The van der Waals surface area contributed by atoms with Gasteiger partial charge in [-0.2, -0.15) is 4.31 Å². The highest BCUT2D eigenvalue weighted by Crippen LogP contribution is 2.25. The summed E-state index contributed by atoms with van der Waals surface area (Å²) < 4.78 is 48.5. The number of hydrogen-bond donors (Lipinski definition) is 1. The van der Waals surface area contributed by atoms with E-state index in [-0.39, 0.29) is 4.90 Å². The fourth-order valence-corrected chi connectivity index (χ4v) is 4.20. The van der Waals surface area contributed by atoms with E-state index in [1.54, 1.807) is 42.5 Å². The summed E-state index contributed by atoms with van der Waals surface area (Å²) in [5.41, 5.74) is 1.29. The SMILES string of the molecule is CCC(NC(=O)C(c1ccccc1)N(C)S(C)(=O)=O)c1ccc(S(C)(=O)=O)cc1. The molecule has 0 heterocycles. The topological polar surface area (TPSA) is 101 Å². The van der Waals surface area contributed by atoms with Crippen molar-refractivity contribution in [2.75, 3.05) is 19.6 Å². The van der Waals surface area contributed by atoms with Gasteiger partial charge in [-0.25, -0.2) is 16.8 Å². The first-order chi connectivity index (χ1) is 13.4. The Morgan fingerprint density at radius 1 is 0.931 bits per heavy atom. The number of sulfone groups is 1. The zero-order valence-corrected chi connectivity index (χ0v) is 18.5. The average Bonchev–Trinajstić information content (AvgIpc) is 2.66. The quantitative estimate of drug-likeness (QED) is 0.682. The van der Waals surface area contributed by atoms with Crippen LogP contribution in [0.25, 0.3) is 0 Å². The van der Waals surface area contributed by atoms with E-state index in [0.717, 1.165) is 22.4 Å². The summed E-state index contributed by atoms with van der Waals surface area (Å²) in [4.78, 5) is 13.3. The first-order valence-electron chi connectivity index (χ1n) is 9.03. The molecule has 0 aromatic heterocycles. The molecule has 0 saturated carbocycles. The monoisotopic (exact) mass is 438 g/mol. The highest BCUT2D eigenvalue weighted by molar-refractivity contribution is 7.90. The van der Waals surface area contributed by atoms with Crippen LogP contribution in [0.5, 0.6) is 0 Å². The number of carbonyl (C=O) groups excluding carboxylic acids is 1. The molecule has 2 rings (SSSR count). The van der Waals surface area contributed by atoms with E-state index in [1.807, 2.05) is 6.92 Å². The number of nitrogens with one attached hydrogen (secondary N) is 1. The first kappa shape index (κ1) is 23.1. The van der Waals surface area contributed by atoms with Crippen molar-refractivity contribution < 1.29 is 21.6 Å². The largest absolute Gasteiger partial charge is 0.348 e. The molecule has 2 aromatic rings. The third-order valence-electron chi connectivity index (χ3n) is 4.69. The molecule has 0 radical (unpaired) electrons. The van der Waals surface area contributed by atoms with Gasteiger partial charge in [-0.3, -0.25) is 4.79 Å². The van der Waals surface area contributed by atoms with Gasteiger partial charge in [0.1, 0.15) is 6.04 Å². The Kier molecular flexibility index (Phi) is 7.20. The van der Waals surface area contributed by atoms with Crippen LogP contribution in [-0.4, -0.2) is 46.6 Å². The minimum Gasteiger partial charge on any atom is -0.348 e. The Balaban J connectivity index is 2.33. The second-order valence-corrected chi connectivity index (χ2v) is 11.0. The van der Waals surface area contributed by atoms with Gasteiger partial charge in [0.15, 0.2) is 9.84 Å². The molecule has 0 bridgehead atoms. The molecular weight excluding hydrogens is 412 g/mol. The van der Waals surface area contributed by atoms with Gasteiger partial charge in [-0.1, -0.05) is 49.4 Å². The highest BCUT2D eigenvalue weighted by Gasteiger charge is 2.31. The van der Waals surface area contributed by atoms with Gasteiger partial charge >= 0.3 is 0 Å². The summed E-state index contributed by atoms with van der Waals surface area (Å²) in [6, 6.07) is 13.6. The number of likely N-dealkylation sites (N-methyl/N-ethyl adjacent to an activating group) is 1. The van der Waals surface area contributed by atoms with Gasteiger partial charge in [0.25, 0.3) is 0 Å². The fourth-order valence-electron chi connectivity index (χ4n) is 2.97. The van der Waals surface area contributed by atoms with Crippen molar-refractivity contribution in [1.82, 2.24) is 9.62 Å². The number of nitrogens with zero attached hydrogens (tertiary/aromatic N) is 1. The maximum atomic E-state index is 13.1. The molecule has 29 heavy (non-hydrogen) atoms. The van der Waals surface area contributed by atoms with Crippen LogP contribution in [0.3, 0.4) is 0 Å². The molecule has 9 heteroatoms. The van der Waals surface area contributed by atoms with Crippen LogP contribution in [0.2, 0.25) is 0 Å². The van der Waals surface area contributed by atoms with E-state index < -0.39 is 37.9 Å². The van der Waals surface area contributed by atoms with E-state index >= 15 is 0 Å². The predicted molar refractivity (Wildman–Crippen MR) is 113 cm³/mol. The number of amides is 1. The van der Waals surface area contributed by atoms with Crippen LogP contribution in [0, 0.1) is 0 Å². The van der Waals surface area contributed by atoms with Gasteiger partial charge in [0.2, 0.25) is 15.9 Å². The smallest absolute Gasteiger partial charge is 0.243 e. The van der Waals surface area contributed by atoms with Crippen molar-refractivity contribution in [1.29, 1.82) is 0 Å². The molecule has 0 aliphatic rings. The minimum absolute atomic E-state index is 0.196. The maximum absolute atomic E-state index is 13.1. The second-order valence-electron chi connectivity index (χ2n) is 6.90. The van der Waals surface area contributed by atoms with E-state index in [2.05, 4.69) is 5.32 Å². The molecule has 2 unspecified atom stereocenters. The van der Waals surface area contributed by atoms with Gasteiger partial charge in [0, 0.05) is 13.3 Å². The summed E-state index contributed by atoms with van der Waals surface area (Å²) in [6.07, 6.45) is 2.73. The fraction of sp³-hybridized carbons (Fsp3) is 0.350. The van der Waals surface area contributed by atoms with E-state index in [0.29, 0.717) is 12.0 Å². The predicted octanol–water partition coefficient (Wildman–Crippen LogP) is 2.29. The van der Waals surface area contributed by atoms with E-state index in [9.17, 15) is 21.6 Å². The molecule has 158 valence electrons. The van der Waals surface area contributed by atoms with Crippen molar-refractivity contribution in [2.45, 2.75) is 30.3 Å². The number of carbonyl (C=O) groups is 1. The van der Waals surface area contributed by atoms with Crippen LogP contribution < -0.4 is 5.32 Å². The van der Waals surface area contributed by atoms with Crippen molar-refractivity contribution in [3.8, 4) is 0 Å². The first-order valence-corrected chi connectivity index (χ1v) is 12.8. The Hall–Kier alpha value is -2.23. The molecule has 2 aromatic carbocycles. The third-order valence-corrected chi connectivity index (χ3v) is 7.07. The Morgan fingerprint density at radius 2 is 1.48 bits per heavy atom. The third kappa shape index (κ3) is 5.88. The Morgan fingerprint density at radius 3 is 1.93 bits per heavy atom. The van der Waals surface area contributed by atoms with Crippen molar-refractivity contribution in [3.63, 3.8) is 0 Å². The summed E-state index contributed by atoms with van der Waals surface area (Å²) in [6.45, 7) is 1.88. The van der Waals surface area contributed by atoms with Crippen LogP contribution in [0.15, 0.2) is 59.5 Å². The van der Waals surface area contributed by atoms with Gasteiger partial charge in [0.05, 0.1) is 17.2 Å². The Labute approximate surface area is 172 Å². The summed E-state index contributed by atoms with van der Waals surface area (Å²) in [5, 5.41) is 2.90. The van der Waals surface area contributed by atoms with Gasteiger partial charge < -0.3 is 5.32 Å². The van der Waals surface area contributed by atoms with Gasteiger partial charge in [-0.15, -0.1) is 0 Å². The van der Waals surface area contributed by atoms with Crippen LogP contribution in [0.4, 0.5) is 0 Å². The molecule has 0 aliphatic heterocycles. The second kappa shape index (κ2) is 9.06. The molecule has 0 fully saturated rings. The lowest BCUT2D eigenvalue weighted by Gasteiger charge is -2.28. The lowest BCUT2D eigenvalue weighted by Crippen LogP contribution is -2.42. The number of rotatable bonds is 8. The zero-order valence-electron chi connectivity index (χ0n) is 16.9. The Bertz CT molecular complexity index is 1050. The average molecular weight is 439 g/mol. The molecule has 7 nitrogen and oxygen atoms in total. The lowest BCUT2D eigenvalue weighted by molar-refractivity contribution is -0.125. The van der Waals surface area contributed by atoms with Gasteiger partial charge in [-0.05, 0) is 29.7 Å². The van der Waals surface area contributed by atoms with E-state index in [4.69, 9.17) is 0 Å². The number of sulfonamides is 1. The molecule has 2 atom stereocenters. The molecule has 0 spiro atoms. The summed E-state index contributed by atoms with van der Waals surface area (Å²) in [7, 11) is -5.56. The molecule has 0 aliphatic carbocycles. The normalized spacial score (nSPS) is 14.4. The molecular formula is C20H26N2O5S2. The summed E-state index contributed by atoms with van der Waals surface area (Å²) in [5.74, 6) is -0.455. The van der Waals surface area contributed by atoms with Crippen LogP contribution >= 0.6 is 0 Å². The minimum atomic E-state index is -3.62. The van der Waals surface area contributed by atoms with E-state index in [1.165, 1.54) is 19.2 Å². The number of hydrogen-bond acceptors (Lipinski definition) is 5. The van der Waals surface area contributed by atoms with Crippen LogP contribution in [0.1, 0.15) is 36.6 Å². The zero-order chi connectivity index (χ0) is 21.8.